The molecule has 9 heteroatoms. The highest BCUT2D eigenvalue weighted by molar-refractivity contribution is 7.89. The second kappa shape index (κ2) is 8.61. The van der Waals surface area contributed by atoms with Crippen LogP contribution in [-0.4, -0.2) is 37.6 Å². The lowest BCUT2D eigenvalue weighted by atomic mass is 9.97. The van der Waals surface area contributed by atoms with Gasteiger partial charge in [-0.25, -0.2) is 8.42 Å². The van der Waals surface area contributed by atoms with Crippen molar-refractivity contribution in [2.75, 3.05) is 18.4 Å². The minimum atomic E-state index is -3.64. The minimum absolute atomic E-state index is 0.0447. The maximum Gasteiger partial charge on any atom is 0.243 e. The lowest BCUT2D eigenvalue weighted by molar-refractivity contribution is -0.126. The lowest BCUT2D eigenvalue weighted by Crippen LogP contribution is -2.42. The number of aryl methyl sites for hydroxylation is 1. The van der Waals surface area contributed by atoms with Crippen LogP contribution in [0.4, 0.5) is 5.69 Å². The first-order valence-corrected chi connectivity index (χ1v) is 11.6. The van der Waals surface area contributed by atoms with E-state index < -0.39 is 10.0 Å². The lowest BCUT2D eigenvalue weighted by Gasteiger charge is -2.30. The Kier molecular flexibility index (Phi) is 5.92. The molecule has 0 saturated carbocycles. The maximum absolute atomic E-state index is 13.1. The third-order valence-electron chi connectivity index (χ3n) is 5.68. The Labute approximate surface area is 175 Å². The molecule has 0 spiro atoms. The van der Waals surface area contributed by atoms with E-state index in [0.717, 1.165) is 5.56 Å². The van der Waals surface area contributed by atoms with Crippen LogP contribution in [0.25, 0.3) is 0 Å². The van der Waals surface area contributed by atoms with Gasteiger partial charge in [-0.3, -0.25) is 9.59 Å². The summed E-state index contributed by atoms with van der Waals surface area (Å²) in [5, 5.41) is 5.67. The molecule has 2 aliphatic rings. The van der Waals surface area contributed by atoms with Gasteiger partial charge in [-0.1, -0.05) is 0 Å². The number of hydrogen-bond acceptors (Lipinski definition) is 5. The molecule has 1 aromatic carbocycles. The van der Waals surface area contributed by atoms with E-state index in [4.69, 9.17) is 4.42 Å². The molecule has 3 heterocycles. The van der Waals surface area contributed by atoms with Crippen molar-refractivity contribution in [2.45, 2.75) is 43.5 Å². The van der Waals surface area contributed by atoms with Crippen LogP contribution in [0.2, 0.25) is 0 Å². The SMILES string of the molecule is O=C1CCCc2cc(S(=O)(=O)N3CCC(C(=O)NCc4ccco4)CC3)ccc2N1. The van der Waals surface area contributed by atoms with E-state index in [1.807, 2.05) is 0 Å². The number of furan rings is 1. The topological polar surface area (TPSA) is 109 Å². The summed E-state index contributed by atoms with van der Waals surface area (Å²) in [7, 11) is -3.64. The van der Waals surface area contributed by atoms with Crippen LogP contribution >= 0.6 is 0 Å². The van der Waals surface area contributed by atoms with E-state index in [2.05, 4.69) is 10.6 Å². The zero-order valence-electron chi connectivity index (χ0n) is 16.6. The summed E-state index contributed by atoms with van der Waals surface area (Å²) in [6, 6.07) is 8.43. The third-order valence-corrected chi connectivity index (χ3v) is 7.57. The number of carbonyl (C=O) groups excluding carboxylic acids is 2. The van der Waals surface area contributed by atoms with Crippen LogP contribution in [0.1, 0.15) is 37.0 Å². The fraction of sp³-hybridized carbons (Fsp3) is 0.429. The van der Waals surface area contributed by atoms with Crippen LogP contribution in [0.5, 0.6) is 0 Å². The molecule has 2 aromatic rings. The standard InChI is InChI=1S/C21H25N3O5S/c25-20-5-1-3-16-13-18(6-7-19(16)23-20)30(27,28)24-10-8-15(9-11-24)21(26)22-14-17-4-2-12-29-17/h2,4,6-7,12-13,15H,1,3,5,8-11,14H2,(H,22,26)(H,23,25). The van der Waals surface area contributed by atoms with Crippen molar-refractivity contribution in [1.82, 2.24) is 9.62 Å². The van der Waals surface area contributed by atoms with E-state index in [0.29, 0.717) is 63.2 Å². The average molecular weight is 432 g/mol. The second-order valence-electron chi connectivity index (χ2n) is 7.70. The van der Waals surface area contributed by atoms with Crippen LogP contribution < -0.4 is 10.6 Å². The Morgan fingerprint density at radius 3 is 2.73 bits per heavy atom. The molecule has 0 aliphatic carbocycles. The zero-order chi connectivity index (χ0) is 21.1. The van der Waals surface area contributed by atoms with Gasteiger partial charge >= 0.3 is 0 Å². The predicted molar refractivity (Wildman–Crippen MR) is 110 cm³/mol. The first-order chi connectivity index (χ1) is 14.4. The molecule has 30 heavy (non-hydrogen) atoms. The van der Waals surface area contributed by atoms with Crippen LogP contribution in [-0.2, 0) is 32.6 Å². The number of anilines is 1. The fourth-order valence-corrected chi connectivity index (χ4v) is 5.47. The molecule has 0 atom stereocenters. The van der Waals surface area contributed by atoms with Crippen molar-refractivity contribution in [3.8, 4) is 0 Å². The van der Waals surface area contributed by atoms with Gasteiger partial charge in [-0.2, -0.15) is 4.31 Å². The normalized spacial score (nSPS) is 18.3. The first-order valence-electron chi connectivity index (χ1n) is 10.2. The molecule has 160 valence electrons. The van der Waals surface area contributed by atoms with Gasteiger partial charge in [-0.05, 0) is 61.6 Å². The van der Waals surface area contributed by atoms with E-state index in [1.165, 1.54) is 4.31 Å². The Morgan fingerprint density at radius 1 is 1.20 bits per heavy atom. The van der Waals surface area contributed by atoms with Gasteiger partial charge in [0, 0.05) is 31.1 Å². The number of nitrogens with zero attached hydrogens (tertiary/aromatic N) is 1. The molecule has 1 saturated heterocycles. The molecule has 0 radical (unpaired) electrons. The van der Waals surface area contributed by atoms with Crippen molar-refractivity contribution in [1.29, 1.82) is 0 Å². The highest BCUT2D eigenvalue weighted by atomic mass is 32.2. The summed E-state index contributed by atoms with van der Waals surface area (Å²) in [4.78, 5) is 24.3. The van der Waals surface area contributed by atoms with Gasteiger partial charge in [0.25, 0.3) is 0 Å². The Bertz CT molecular complexity index is 1020. The molecule has 2 aliphatic heterocycles. The summed E-state index contributed by atoms with van der Waals surface area (Å²) in [5.74, 6) is 0.345. The molecule has 2 N–H and O–H groups in total. The molecule has 1 aromatic heterocycles. The van der Waals surface area contributed by atoms with Gasteiger partial charge in [0.1, 0.15) is 5.76 Å². The number of nitrogens with one attached hydrogen (secondary N) is 2. The predicted octanol–water partition coefficient (Wildman–Crippen LogP) is 2.27. The van der Waals surface area contributed by atoms with Gasteiger partial charge in [0.15, 0.2) is 0 Å². The number of benzene rings is 1. The van der Waals surface area contributed by atoms with Crippen molar-refractivity contribution in [3.63, 3.8) is 0 Å². The van der Waals surface area contributed by atoms with Crippen molar-refractivity contribution in [3.05, 3.63) is 47.9 Å². The highest BCUT2D eigenvalue weighted by Gasteiger charge is 2.32. The monoisotopic (exact) mass is 431 g/mol. The first kappa shape index (κ1) is 20.6. The number of rotatable bonds is 5. The number of sulfonamides is 1. The molecule has 0 bridgehead atoms. The molecule has 8 nitrogen and oxygen atoms in total. The van der Waals surface area contributed by atoms with Crippen LogP contribution in [0.15, 0.2) is 45.9 Å². The Hall–Kier alpha value is -2.65. The van der Waals surface area contributed by atoms with Gasteiger partial charge in [0.05, 0.1) is 17.7 Å². The number of hydrogen-bond donors (Lipinski definition) is 2. The van der Waals surface area contributed by atoms with E-state index in [9.17, 15) is 18.0 Å². The summed E-state index contributed by atoms with van der Waals surface area (Å²) in [6.45, 7) is 0.931. The molecule has 0 unspecified atom stereocenters. The largest absolute Gasteiger partial charge is 0.467 e. The molecule has 1 fully saturated rings. The Balaban J connectivity index is 1.38. The summed E-state index contributed by atoms with van der Waals surface area (Å²) in [5.41, 5.74) is 1.53. The minimum Gasteiger partial charge on any atom is -0.467 e. The number of fused-ring (bicyclic) bond motifs is 1. The smallest absolute Gasteiger partial charge is 0.243 e. The molecular formula is C21H25N3O5S. The van der Waals surface area contributed by atoms with Crippen LogP contribution in [0, 0.1) is 5.92 Å². The van der Waals surface area contributed by atoms with Crippen molar-refractivity contribution in [2.24, 2.45) is 5.92 Å². The van der Waals surface area contributed by atoms with Gasteiger partial charge < -0.3 is 15.1 Å². The van der Waals surface area contributed by atoms with Crippen molar-refractivity contribution < 1.29 is 22.4 Å². The number of carbonyl (C=O) groups is 2. The summed E-state index contributed by atoms with van der Waals surface area (Å²) in [6.07, 6.45) is 4.30. The summed E-state index contributed by atoms with van der Waals surface area (Å²) < 4.78 is 32.9. The average Bonchev–Trinajstić information content (AvgIpc) is 3.19. The van der Waals surface area contributed by atoms with E-state index in [1.54, 1.807) is 36.6 Å². The maximum atomic E-state index is 13.1. The second-order valence-corrected chi connectivity index (χ2v) is 9.63. The third kappa shape index (κ3) is 4.41. The van der Waals surface area contributed by atoms with Crippen LogP contribution in [0.3, 0.4) is 0 Å². The van der Waals surface area contributed by atoms with E-state index in [-0.39, 0.29) is 22.6 Å². The van der Waals surface area contributed by atoms with Gasteiger partial charge in [-0.15, -0.1) is 0 Å². The zero-order valence-corrected chi connectivity index (χ0v) is 17.4. The molecule has 4 rings (SSSR count). The summed E-state index contributed by atoms with van der Waals surface area (Å²) >= 11 is 0. The number of piperidine rings is 1. The number of amides is 2. The highest BCUT2D eigenvalue weighted by Crippen LogP contribution is 2.29. The Morgan fingerprint density at radius 2 is 2.00 bits per heavy atom. The van der Waals surface area contributed by atoms with E-state index >= 15 is 0 Å². The molecule has 2 amide bonds. The van der Waals surface area contributed by atoms with Gasteiger partial charge in [0.2, 0.25) is 21.8 Å². The fourth-order valence-electron chi connectivity index (χ4n) is 3.95. The van der Waals surface area contributed by atoms with Crippen molar-refractivity contribution >= 4 is 27.5 Å². The quantitative estimate of drug-likeness (QED) is 0.755. The molecular weight excluding hydrogens is 406 g/mol.